The van der Waals surface area contributed by atoms with Crippen LogP contribution in [0.3, 0.4) is 0 Å². The molecule has 0 saturated carbocycles. The summed E-state index contributed by atoms with van der Waals surface area (Å²) in [7, 11) is 0. The highest BCUT2D eigenvalue weighted by Crippen LogP contribution is 2.07. The van der Waals surface area contributed by atoms with Gasteiger partial charge in [-0.25, -0.2) is 0 Å². The van der Waals surface area contributed by atoms with Crippen molar-refractivity contribution in [2.45, 2.75) is 19.4 Å². The zero-order valence-corrected chi connectivity index (χ0v) is 10.8. The number of hydrogen-bond acceptors (Lipinski definition) is 2. The second-order valence-corrected chi connectivity index (χ2v) is 3.77. The van der Waals surface area contributed by atoms with Crippen molar-refractivity contribution in [2.24, 2.45) is 0 Å². The molecule has 74 valence electrons. The minimum Gasteiger partial charge on any atom is -0.379 e. The molecule has 4 heteroatoms. The van der Waals surface area contributed by atoms with Gasteiger partial charge in [0.25, 0.3) is 0 Å². The van der Waals surface area contributed by atoms with Crippen LogP contribution in [-0.2, 0) is 4.74 Å². The Bertz CT molecular complexity index is 107. The SMILES string of the molecule is Br.CC(CCBr)N1CCOCC1. The maximum Gasteiger partial charge on any atom is 0.0594 e. The fourth-order valence-corrected chi connectivity index (χ4v) is 2.02. The fourth-order valence-electron chi connectivity index (χ4n) is 1.36. The Morgan fingerprint density at radius 1 is 1.42 bits per heavy atom. The van der Waals surface area contributed by atoms with E-state index >= 15 is 0 Å². The summed E-state index contributed by atoms with van der Waals surface area (Å²) in [6, 6.07) is 0.707. The number of rotatable bonds is 3. The Morgan fingerprint density at radius 3 is 2.50 bits per heavy atom. The summed E-state index contributed by atoms with van der Waals surface area (Å²) in [4.78, 5) is 2.49. The van der Waals surface area contributed by atoms with Gasteiger partial charge in [0.15, 0.2) is 0 Å². The average molecular weight is 303 g/mol. The lowest BCUT2D eigenvalue weighted by Gasteiger charge is -2.31. The minimum atomic E-state index is 0. The Kier molecular flexibility index (Phi) is 7.83. The lowest BCUT2D eigenvalue weighted by atomic mass is 10.2. The van der Waals surface area contributed by atoms with Crippen LogP contribution in [-0.4, -0.2) is 42.6 Å². The molecule has 1 fully saturated rings. The Balaban J connectivity index is 0.00000121. The van der Waals surface area contributed by atoms with Gasteiger partial charge in [0.05, 0.1) is 13.2 Å². The molecule has 0 aromatic heterocycles. The van der Waals surface area contributed by atoms with Crippen molar-refractivity contribution >= 4 is 32.9 Å². The predicted molar refractivity (Wildman–Crippen MR) is 60.6 cm³/mol. The molecule has 1 atom stereocenters. The smallest absolute Gasteiger partial charge is 0.0594 e. The van der Waals surface area contributed by atoms with Crippen LogP contribution in [0.5, 0.6) is 0 Å². The van der Waals surface area contributed by atoms with Crippen molar-refractivity contribution in [1.82, 2.24) is 4.90 Å². The number of hydrogen-bond donors (Lipinski definition) is 0. The van der Waals surface area contributed by atoms with Gasteiger partial charge in [0.1, 0.15) is 0 Å². The van der Waals surface area contributed by atoms with E-state index in [1.165, 1.54) is 6.42 Å². The molecule has 0 spiro atoms. The van der Waals surface area contributed by atoms with Crippen molar-refractivity contribution in [2.75, 3.05) is 31.6 Å². The molecule has 2 nitrogen and oxygen atoms in total. The van der Waals surface area contributed by atoms with E-state index < -0.39 is 0 Å². The molecule has 0 bridgehead atoms. The lowest BCUT2D eigenvalue weighted by molar-refractivity contribution is 0.0198. The standard InChI is InChI=1S/C8H16BrNO.BrH/c1-8(2-3-9)10-4-6-11-7-5-10;/h8H,2-7H2,1H3;1H. The molecule has 0 aliphatic carbocycles. The Hall–Kier alpha value is 0.880. The molecule has 0 aromatic rings. The number of nitrogens with zero attached hydrogens (tertiary/aromatic N) is 1. The van der Waals surface area contributed by atoms with Crippen molar-refractivity contribution in [3.05, 3.63) is 0 Å². The summed E-state index contributed by atoms with van der Waals surface area (Å²) in [5, 5.41) is 1.10. The molecule has 1 rings (SSSR count). The van der Waals surface area contributed by atoms with Crippen LogP contribution >= 0.6 is 32.9 Å². The maximum atomic E-state index is 5.27. The van der Waals surface area contributed by atoms with E-state index in [1.807, 2.05) is 0 Å². The van der Waals surface area contributed by atoms with Gasteiger partial charge < -0.3 is 4.74 Å². The molecular formula is C8H17Br2NO. The molecule has 1 saturated heterocycles. The quantitative estimate of drug-likeness (QED) is 0.740. The molecule has 0 N–H and O–H groups in total. The van der Waals surface area contributed by atoms with E-state index in [0.29, 0.717) is 6.04 Å². The second kappa shape index (κ2) is 7.30. The van der Waals surface area contributed by atoms with Gasteiger partial charge in [-0.05, 0) is 13.3 Å². The highest BCUT2D eigenvalue weighted by Gasteiger charge is 2.15. The molecule has 0 aromatic carbocycles. The first-order valence-electron chi connectivity index (χ1n) is 4.22. The number of alkyl halides is 1. The minimum absolute atomic E-state index is 0. The number of ether oxygens (including phenoxy) is 1. The zero-order chi connectivity index (χ0) is 8.10. The van der Waals surface area contributed by atoms with Crippen LogP contribution in [0, 0.1) is 0 Å². The molecule has 1 aliphatic heterocycles. The first-order valence-corrected chi connectivity index (χ1v) is 5.34. The topological polar surface area (TPSA) is 12.5 Å². The summed E-state index contributed by atoms with van der Waals surface area (Å²) in [5.74, 6) is 0. The Morgan fingerprint density at radius 2 is 2.00 bits per heavy atom. The average Bonchev–Trinajstić information content (AvgIpc) is 2.07. The summed E-state index contributed by atoms with van der Waals surface area (Å²) in [6.45, 7) is 6.31. The summed E-state index contributed by atoms with van der Waals surface area (Å²) >= 11 is 3.46. The highest BCUT2D eigenvalue weighted by atomic mass is 79.9. The van der Waals surface area contributed by atoms with E-state index in [-0.39, 0.29) is 17.0 Å². The molecule has 0 amide bonds. The molecule has 0 radical (unpaired) electrons. The summed E-state index contributed by atoms with van der Waals surface area (Å²) in [6.07, 6.45) is 1.24. The van der Waals surface area contributed by atoms with Crippen LogP contribution < -0.4 is 0 Å². The van der Waals surface area contributed by atoms with E-state index in [2.05, 4.69) is 27.8 Å². The molecule has 1 aliphatic rings. The van der Waals surface area contributed by atoms with Gasteiger partial charge in [-0.15, -0.1) is 17.0 Å². The second-order valence-electron chi connectivity index (χ2n) is 2.98. The monoisotopic (exact) mass is 301 g/mol. The van der Waals surface area contributed by atoms with E-state index in [0.717, 1.165) is 31.6 Å². The van der Waals surface area contributed by atoms with Crippen molar-refractivity contribution in [1.29, 1.82) is 0 Å². The fraction of sp³-hybridized carbons (Fsp3) is 1.00. The first-order chi connectivity index (χ1) is 5.34. The molecule has 1 heterocycles. The normalized spacial score (nSPS) is 21.5. The van der Waals surface area contributed by atoms with Crippen LogP contribution in [0.1, 0.15) is 13.3 Å². The lowest BCUT2D eigenvalue weighted by Crippen LogP contribution is -2.42. The largest absolute Gasteiger partial charge is 0.379 e. The number of halogens is 2. The van der Waals surface area contributed by atoms with Crippen LogP contribution in [0.15, 0.2) is 0 Å². The predicted octanol–water partition coefficient (Wildman–Crippen LogP) is 2.07. The first kappa shape index (κ1) is 12.9. The van der Waals surface area contributed by atoms with E-state index in [9.17, 15) is 0 Å². The van der Waals surface area contributed by atoms with Gasteiger partial charge in [0.2, 0.25) is 0 Å². The van der Waals surface area contributed by atoms with Crippen LogP contribution in [0.4, 0.5) is 0 Å². The van der Waals surface area contributed by atoms with Gasteiger partial charge in [-0.3, -0.25) is 4.90 Å². The molecule has 12 heavy (non-hydrogen) atoms. The summed E-state index contributed by atoms with van der Waals surface area (Å²) in [5.41, 5.74) is 0. The van der Waals surface area contributed by atoms with Gasteiger partial charge in [-0.1, -0.05) is 15.9 Å². The van der Waals surface area contributed by atoms with Gasteiger partial charge >= 0.3 is 0 Å². The highest BCUT2D eigenvalue weighted by molar-refractivity contribution is 9.09. The van der Waals surface area contributed by atoms with Crippen molar-refractivity contribution in [3.63, 3.8) is 0 Å². The number of morpholine rings is 1. The van der Waals surface area contributed by atoms with Crippen LogP contribution in [0.25, 0.3) is 0 Å². The third-order valence-corrected chi connectivity index (χ3v) is 2.65. The van der Waals surface area contributed by atoms with Gasteiger partial charge in [-0.2, -0.15) is 0 Å². The van der Waals surface area contributed by atoms with Crippen LogP contribution in [0.2, 0.25) is 0 Å². The van der Waals surface area contributed by atoms with Gasteiger partial charge in [0, 0.05) is 24.5 Å². The third kappa shape index (κ3) is 4.21. The Labute approximate surface area is 93.5 Å². The van der Waals surface area contributed by atoms with E-state index in [1.54, 1.807) is 0 Å². The van der Waals surface area contributed by atoms with Crippen molar-refractivity contribution < 1.29 is 4.74 Å². The zero-order valence-electron chi connectivity index (χ0n) is 7.46. The maximum absolute atomic E-state index is 5.27. The van der Waals surface area contributed by atoms with E-state index in [4.69, 9.17) is 4.74 Å². The molecule has 1 unspecified atom stereocenters. The van der Waals surface area contributed by atoms with Crippen molar-refractivity contribution in [3.8, 4) is 0 Å². The molecular weight excluding hydrogens is 286 g/mol. The summed E-state index contributed by atoms with van der Waals surface area (Å²) < 4.78 is 5.27. The third-order valence-electron chi connectivity index (χ3n) is 2.20.